The van der Waals surface area contributed by atoms with E-state index in [2.05, 4.69) is 0 Å². The van der Waals surface area contributed by atoms with Gasteiger partial charge < -0.3 is 14.9 Å². The number of hydrogen-bond donors (Lipinski definition) is 2. The van der Waals surface area contributed by atoms with Crippen LogP contribution in [0.15, 0.2) is 0 Å². The molecule has 1 unspecified atom stereocenters. The zero-order valence-corrected chi connectivity index (χ0v) is 13.5. The Morgan fingerprint density at radius 2 is 1.79 bits per heavy atom. The molecule has 2 amide bonds. The van der Waals surface area contributed by atoms with Gasteiger partial charge in [0.2, 0.25) is 11.8 Å². The maximum Gasteiger partial charge on any atom is 0.233 e. The molecule has 2 heterocycles. The maximum absolute atomic E-state index is 12.9. The molecule has 4 aliphatic rings. The van der Waals surface area contributed by atoms with Crippen LogP contribution in [0.5, 0.6) is 0 Å². The van der Waals surface area contributed by atoms with Crippen molar-refractivity contribution in [2.45, 2.75) is 50.4 Å². The highest BCUT2D eigenvalue weighted by atomic mass is 16.5. The molecular weight excluding hydrogens is 314 g/mol. The molecule has 4 fully saturated rings. The van der Waals surface area contributed by atoms with Crippen LogP contribution < -0.4 is 0 Å². The molecule has 2 aliphatic heterocycles. The van der Waals surface area contributed by atoms with Gasteiger partial charge in [0.05, 0.1) is 36.7 Å². The first-order chi connectivity index (χ1) is 11.5. The Morgan fingerprint density at radius 1 is 1.04 bits per heavy atom. The van der Waals surface area contributed by atoms with E-state index in [4.69, 9.17) is 4.74 Å². The number of ether oxygens (including phenoxy) is 1. The van der Waals surface area contributed by atoms with E-state index in [1.807, 2.05) is 0 Å². The highest BCUT2D eigenvalue weighted by Crippen LogP contribution is 2.49. The summed E-state index contributed by atoms with van der Waals surface area (Å²) in [6.07, 6.45) is 0.302. The summed E-state index contributed by atoms with van der Waals surface area (Å²) in [5.74, 6) is -2.86. The van der Waals surface area contributed by atoms with Crippen molar-refractivity contribution in [2.24, 2.45) is 23.7 Å². The number of fused-ring (bicyclic) bond motifs is 3. The number of carbonyl (C=O) groups is 3. The lowest BCUT2D eigenvalue weighted by Gasteiger charge is -2.44. The number of carbonyl (C=O) groups excluding carboxylic acids is 3. The second-order valence-electron chi connectivity index (χ2n) is 7.54. The molecule has 7 atom stereocenters. The molecule has 2 N–H and O–H groups in total. The number of ketones is 1. The third-order valence-electron chi connectivity index (χ3n) is 6.26. The number of imide groups is 1. The number of aliphatic hydroxyl groups is 2. The van der Waals surface area contributed by atoms with Crippen molar-refractivity contribution >= 4 is 17.6 Å². The van der Waals surface area contributed by atoms with E-state index in [1.165, 1.54) is 4.90 Å². The number of hydrogen-bond acceptors (Lipinski definition) is 6. The van der Waals surface area contributed by atoms with E-state index in [0.29, 0.717) is 19.4 Å². The smallest absolute Gasteiger partial charge is 0.233 e. The SMILES string of the molecule is O=C1C[C@@H](O)C(O)[C@@H]2[C@@H]3C(=O)N(C[C@@H]4CCCO4)C(=O)[C@@H]3CC[C@@H]12. The van der Waals surface area contributed by atoms with Crippen molar-refractivity contribution in [3.63, 3.8) is 0 Å². The molecule has 2 saturated carbocycles. The van der Waals surface area contributed by atoms with Gasteiger partial charge in [-0.15, -0.1) is 0 Å². The van der Waals surface area contributed by atoms with Crippen molar-refractivity contribution in [3.8, 4) is 0 Å². The molecule has 7 heteroatoms. The van der Waals surface area contributed by atoms with Crippen molar-refractivity contribution < 1.29 is 29.3 Å². The van der Waals surface area contributed by atoms with Gasteiger partial charge in [-0.1, -0.05) is 0 Å². The summed E-state index contributed by atoms with van der Waals surface area (Å²) in [5, 5.41) is 20.4. The predicted molar refractivity (Wildman–Crippen MR) is 80.5 cm³/mol. The van der Waals surface area contributed by atoms with Gasteiger partial charge in [-0.2, -0.15) is 0 Å². The Balaban J connectivity index is 1.60. The molecule has 4 rings (SSSR count). The molecule has 24 heavy (non-hydrogen) atoms. The fourth-order valence-corrected chi connectivity index (χ4v) is 5.08. The minimum absolute atomic E-state index is 0.0680. The molecule has 0 spiro atoms. The van der Waals surface area contributed by atoms with Gasteiger partial charge >= 0.3 is 0 Å². The predicted octanol–water partition coefficient (Wildman–Crippen LogP) is -0.513. The second kappa shape index (κ2) is 5.89. The highest BCUT2D eigenvalue weighted by Gasteiger charge is 2.60. The molecule has 0 bridgehead atoms. The first kappa shape index (κ1) is 16.2. The average molecular weight is 337 g/mol. The summed E-state index contributed by atoms with van der Waals surface area (Å²) in [7, 11) is 0. The van der Waals surface area contributed by atoms with Crippen LogP contribution in [0.4, 0.5) is 0 Å². The average Bonchev–Trinajstić information content (AvgIpc) is 3.15. The van der Waals surface area contributed by atoms with Crippen LogP contribution in [-0.4, -0.2) is 64.2 Å². The molecule has 2 saturated heterocycles. The van der Waals surface area contributed by atoms with Gasteiger partial charge in [-0.25, -0.2) is 0 Å². The molecule has 7 nitrogen and oxygen atoms in total. The van der Waals surface area contributed by atoms with Gasteiger partial charge in [0, 0.05) is 24.9 Å². The normalized spacial score (nSPS) is 45.5. The molecule has 0 aromatic heterocycles. The van der Waals surface area contributed by atoms with Gasteiger partial charge in [0.15, 0.2) is 0 Å². The quantitative estimate of drug-likeness (QED) is 0.658. The van der Waals surface area contributed by atoms with Crippen molar-refractivity contribution in [1.29, 1.82) is 0 Å². The van der Waals surface area contributed by atoms with Gasteiger partial charge in [0.25, 0.3) is 0 Å². The summed E-state index contributed by atoms with van der Waals surface area (Å²) in [6, 6.07) is 0. The number of nitrogens with zero attached hydrogens (tertiary/aromatic N) is 1. The topological polar surface area (TPSA) is 104 Å². The monoisotopic (exact) mass is 337 g/mol. The van der Waals surface area contributed by atoms with Gasteiger partial charge in [-0.3, -0.25) is 19.3 Å². The van der Waals surface area contributed by atoms with E-state index < -0.39 is 35.9 Å². The number of amides is 2. The van der Waals surface area contributed by atoms with Crippen LogP contribution in [0.2, 0.25) is 0 Å². The molecule has 2 aliphatic carbocycles. The summed E-state index contributed by atoms with van der Waals surface area (Å²) in [5.41, 5.74) is 0. The molecular formula is C17H23NO6. The molecule has 132 valence electrons. The van der Waals surface area contributed by atoms with Crippen molar-refractivity contribution in [1.82, 2.24) is 4.90 Å². The van der Waals surface area contributed by atoms with E-state index in [1.54, 1.807) is 0 Å². The lowest BCUT2D eigenvalue weighted by atomic mass is 9.60. The largest absolute Gasteiger partial charge is 0.390 e. The molecule has 0 aromatic carbocycles. The minimum atomic E-state index is -1.15. The summed E-state index contributed by atoms with van der Waals surface area (Å²) >= 11 is 0. The fraction of sp³-hybridized carbons (Fsp3) is 0.824. The Labute approximate surface area is 140 Å². The first-order valence-corrected chi connectivity index (χ1v) is 8.84. The van der Waals surface area contributed by atoms with Crippen LogP contribution in [0.1, 0.15) is 32.1 Å². The Morgan fingerprint density at radius 3 is 2.50 bits per heavy atom. The number of likely N-dealkylation sites (tertiary alicyclic amines) is 1. The maximum atomic E-state index is 12.9. The molecule has 0 aromatic rings. The minimum Gasteiger partial charge on any atom is -0.390 e. The van der Waals surface area contributed by atoms with E-state index in [9.17, 15) is 24.6 Å². The Kier molecular flexibility index (Phi) is 3.97. The standard InChI is InChI=1S/C17H23NO6/c19-11-6-12(20)15(21)13-9(11)3-4-10-14(13)17(23)18(16(10)22)7-8-2-1-5-24-8/h8-10,12-15,20-21H,1-7H2/t8-,9-,10+,12+,13-,14+,15?/m0/s1. The third kappa shape index (κ3) is 2.33. The summed E-state index contributed by atoms with van der Waals surface area (Å²) in [6.45, 7) is 0.909. The van der Waals surface area contributed by atoms with Crippen LogP contribution in [-0.2, 0) is 19.1 Å². The second-order valence-corrected chi connectivity index (χ2v) is 7.54. The van der Waals surface area contributed by atoms with Crippen LogP contribution in [0, 0.1) is 23.7 Å². The highest BCUT2D eigenvalue weighted by molar-refractivity contribution is 6.06. The van der Waals surface area contributed by atoms with E-state index in [-0.39, 0.29) is 36.7 Å². The third-order valence-corrected chi connectivity index (χ3v) is 6.26. The lowest BCUT2D eigenvalue weighted by molar-refractivity contribution is -0.156. The van der Waals surface area contributed by atoms with Crippen molar-refractivity contribution in [3.05, 3.63) is 0 Å². The fourth-order valence-electron chi connectivity index (χ4n) is 5.08. The summed E-state index contributed by atoms with van der Waals surface area (Å²) in [4.78, 5) is 39.1. The number of rotatable bonds is 2. The zero-order chi connectivity index (χ0) is 17.0. The Bertz CT molecular complexity index is 571. The van der Waals surface area contributed by atoms with E-state index in [0.717, 1.165) is 12.8 Å². The zero-order valence-electron chi connectivity index (χ0n) is 13.5. The van der Waals surface area contributed by atoms with Gasteiger partial charge in [-0.05, 0) is 25.7 Å². The first-order valence-electron chi connectivity index (χ1n) is 8.84. The number of aliphatic hydroxyl groups excluding tert-OH is 2. The van der Waals surface area contributed by atoms with Crippen LogP contribution in [0.25, 0.3) is 0 Å². The Hall–Kier alpha value is -1.31. The van der Waals surface area contributed by atoms with Crippen LogP contribution >= 0.6 is 0 Å². The van der Waals surface area contributed by atoms with Gasteiger partial charge in [0.1, 0.15) is 5.78 Å². The molecule has 0 radical (unpaired) electrons. The summed E-state index contributed by atoms with van der Waals surface area (Å²) < 4.78 is 5.54. The van der Waals surface area contributed by atoms with Crippen LogP contribution in [0.3, 0.4) is 0 Å². The number of Topliss-reactive ketones (excluding diaryl/α,β-unsaturated/α-hetero) is 1. The van der Waals surface area contributed by atoms with Crippen molar-refractivity contribution in [2.75, 3.05) is 13.2 Å². The lowest BCUT2D eigenvalue weighted by Crippen LogP contribution is -2.54. The van der Waals surface area contributed by atoms with E-state index >= 15 is 0 Å².